The number of aromatic nitrogens is 3. The van der Waals surface area contributed by atoms with E-state index < -0.39 is 11.9 Å². The average Bonchev–Trinajstić information content (AvgIpc) is 3.14. The minimum Gasteiger partial charge on any atom is -0.442 e. The summed E-state index contributed by atoms with van der Waals surface area (Å²) in [7, 11) is 0. The summed E-state index contributed by atoms with van der Waals surface area (Å²) in [5, 5.41) is 3.14. The Kier molecular flexibility index (Phi) is 4.36. The minimum absolute atomic E-state index is 0.0939. The van der Waals surface area contributed by atoms with Crippen LogP contribution in [0.5, 0.6) is 0 Å². The van der Waals surface area contributed by atoms with Gasteiger partial charge in [-0.15, -0.1) is 0 Å². The second kappa shape index (κ2) is 5.88. The fourth-order valence-electron chi connectivity index (χ4n) is 2.19. The number of nitrogens with one attached hydrogen (secondary N) is 1. The molecule has 0 spiro atoms. The second-order valence-electron chi connectivity index (χ2n) is 4.21. The predicted octanol–water partition coefficient (Wildman–Crippen LogP) is 3.21. The molecule has 3 rings (SSSR count). The fourth-order valence-corrected chi connectivity index (χ4v) is 2.19. The number of oxazole rings is 1. The van der Waals surface area contributed by atoms with Crippen molar-refractivity contribution in [2.45, 2.75) is 46.6 Å². The van der Waals surface area contributed by atoms with Crippen LogP contribution in [0.4, 0.5) is 13.2 Å². The van der Waals surface area contributed by atoms with Gasteiger partial charge in [0.15, 0.2) is 11.5 Å². The standard InChI is InChI=1S/C11H11F3N4O.C2H6/c1-2-18-7-4-15-3-6(7)16-9(18)10-17-8(5-19-10)11(12,13)14;1-2/h5,15H,2-4H2,1H3;1-2H3. The highest BCUT2D eigenvalue weighted by Crippen LogP contribution is 2.31. The lowest BCUT2D eigenvalue weighted by molar-refractivity contribution is -0.141. The van der Waals surface area contributed by atoms with Crippen LogP contribution in [0.2, 0.25) is 0 Å². The monoisotopic (exact) mass is 302 g/mol. The summed E-state index contributed by atoms with van der Waals surface area (Å²) in [5.74, 6) is 0.257. The Hall–Kier alpha value is -1.83. The molecule has 0 fully saturated rings. The maximum absolute atomic E-state index is 12.5. The van der Waals surface area contributed by atoms with Crippen molar-refractivity contribution < 1.29 is 17.6 Å². The van der Waals surface area contributed by atoms with Gasteiger partial charge in [0.25, 0.3) is 5.89 Å². The molecule has 21 heavy (non-hydrogen) atoms. The Bertz CT molecular complexity index is 615. The molecule has 8 heteroatoms. The molecule has 116 valence electrons. The predicted molar refractivity (Wildman–Crippen MR) is 70.3 cm³/mol. The average molecular weight is 302 g/mol. The van der Waals surface area contributed by atoms with Crippen LogP contribution < -0.4 is 5.32 Å². The smallest absolute Gasteiger partial charge is 0.436 e. The second-order valence-corrected chi connectivity index (χ2v) is 4.21. The van der Waals surface area contributed by atoms with E-state index in [4.69, 9.17) is 4.42 Å². The van der Waals surface area contributed by atoms with Gasteiger partial charge >= 0.3 is 6.18 Å². The molecule has 0 saturated carbocycles. The lowest BCUT2D eigenvalue weighted by Crippen LogP contribution is -2.09. The Morgan fingerprint density at radius 1 is 1.29 bits per heavy atom. The van der Waals surface area contributed by atoms with Crippen molar-refractivity contribution in [3.63, 3.8) is 0 Å². The number of fused-ring (bicyclic) bond motifs is 1. The molecule has 0 atom stereocenters. The zero-order chi connectivity index (χ0) is 15.6. The summed E-state index contributed by atoms with van der Waals surface area (Å²) in [6.45, 7) is 7.77. The van der Waals surface area contributed by atoms with E-state index in [0.717, 1.165) is 11.4 Å². The number of imidazole rings is 1. The summed E-state index contributed by atoms with van der Waals surface area (Å²) in [5.41, 5.74) is 0.777. The van der Waals surface area contributed by atoms with Gasteiger partial charge in [-0.3, -0.25) is 0 Å². The van der Waals surface area contributed by atoms with Crippen LogP contribution in [0.3, 0.4) is 0 Å². The number of halogens is 3. The molecule has 1 aliphatic heterocycles. The Balaban J connectivity index is 0.000000774. The van der Waals surface area contributed by atoms with E-state index in [9.17, 15) is 13.2 Å². The van der Waals surface area contributed by atoms with Gasteiger partial charge < -0.3 is 14.3 Å². The van der Waals surface area contributed by atoms with Crippen LogP contribution in [-0.2, 0) is 25.8 Å². The molecule has 0 aromatic carbocycles. The highest BCUT2D eigenvalue weighted by Gasteiger charge is 2.35. The first-order chi connectivity index (χ1) is 10.0. The SMILES string of the molecule is CC.CCn1c(-c2nc(C(F)(F)F)co2)nc2c1CNC2. The van der Waals surface area contributed by atoms with Gasteiger partial charge in [0.1, 0.15) is 6.26 Å². The normalized spacial score (nSPS) is 13.8. The number of rotatable bonds is 2. The van der Waals surface area contributed by atoms with Crippen molar-refractivity contribution in [1.82, 2.24) is 19.9 Å². The van der Waals surface area contributed by atoms with Gasteiger partial charge in [0, 0.05) is 19.6 Å². The Labute approximate surface area is 120 Å². The van der Waals surface area contributed by atoms with Gasteiger partial charge in [-0.2, -0.15) is 13.2 Å². The number of nitrogens with zero attached hydrogens (tertiary/aromatic N) is 3. The van der Waals surface area contributed by atoms with E-state index in [-0.39, 0.29) is 5.89 Å². The molecular weight excluding hydrogens is 285 g/mol. The van der Waals surface area contributed by atoms with Gasteiger partial charge in [-0.05, 0) is 6.92 Å². The maximum atomic E-state index is 12.5. The molecule has 3 heterocycles. The third-order valence-electron chi connectivity index (χ3n) is 3.04. The van der Waals surface area contributed by atoms with Crippen molar-refractivity contribution in [2.24, 2.45) is 0 Å². The summed E-state index contributed by atoms with van der Waals surface area (Å²) in [6.07, 6.45) is -3.89. The highest BCUT2D eigenvalue weighted by atomic mass is 19.4. The zero-order valence-electron chi connectivity index (χ0n) is 12.1. The van der Waals surface area contributed by atoms with Gasteiger partial charge in [0.05, 0.1) is 11.4 Å². The molecule has 0 amide bonds. The van der Waals surface area contributed by atoms with Gasteiger partial charge in [-0.1, -0.05) is 13.8 Å². The van der Waals surface area contributed by atoms with E-state index >= 15 is 0 Å². The Morgan fingerprint density at radius 3 is 2.57 bits per heavy atom. The fraction of sp³-hybridized carbons (Fsp3) is 0.538. The van der Waals surface area contributed by atoms with E-state index in [2.05, 4.69) is 15.3 Å². The molecular formula is C13H17F3N4O. The Morgan fingerprint density at radius 2 is 2.00 bits per heavy atom. The summed E-state index contributed by atoms with van der Waals surface area (Å²) in [6, 6.07) is 0. The lowest BCUT2D eigenvalue weighted by Gasteiger charge is -2.05. The highest BCUT2D eigenvalue weighted by molar-refractivity contribution is 5.46. The van der Waals surface area contributed by atoms with Crippen molar-refractivity contribution in [2.75, 3.05) is 0 Å². The van der Waals surface area contributed by atoms with E-state index in [1.54, 1.807) is 0 Å². The van der Waals surface area contributed by atoms with Crippen molar-refractivity contribution in [1.29, 1.82) is 0 Å². The first-order valence-corrected chi connectivity index (χ1v) is 6.82. The van der Waals surface area contributed by atoms with E-state index in [1.807, 2.05) is 25.3 Å². The molecule has 1 N–H and O–H groups in total. The van der Waals surface area contributed by atoms with Crippen LogP contribution in [0.1, 0.15) is 37.9 Å². The van der Waals surface area contributed by atoms with Gasteiger partial charge in [0.2, 0.25) is 0 Å². The first-order valence-electron chi connectivity index (χ1n) is 6.82. The lowest BCUT2D eigenvalue weighted by atomic mass is 10.4. The number of alkyl halides is 3. The number of hydrogen-bond acceptors (Lipinski definition) is 4. The largest absolute Gasteiger partial charge is 0.442 e. The molecule has 0 unspecified atom stereocenters. The zero-order valence-corrected chi connectivity index (χ0v) is 12.1. The first kappa shape index (κ1) is 15.6. The maximum Gasteiger partial charge on any atom is 0.436 e. The molecule has 2 aromatic rings. The summed E-state index contributed by atoms with van der Waals surface area (Å²) < 4.78 is 44.2. The van der Waals surface area contributed by atoms with Crippen molar-refractivity contribution >= 4 is 0 Å². The summed E-state index contributed by atoms with van der Waals surface area (Å²) >= 11 is 0. The van der Waals surface area contributed by atoms with Crippen molar-refractivity contribution in [3.8, 4) is 11.7 Å². The molecule has 5 nitrogen and oxygen atoms in total. The van der Waals surface area contributed by atoms with Crippen LogP contribution >= 0.6 is 0 Å². The molecule has 0 bridgehead atoms. The molecule has 0 aliphatic carbocycles. The minimum atomic E-state index is -4.50. The van der Waals surface area contributed by atoms with Crippen molar-refractivity contribution in [3.05, 3.63) is 23.3 Å². The quantitative estimate of drug-likeness (QED) is 0.925. The molecule has 2 aromatic heterocycles. The van der Waals surface area contributed by atoms with Crippen LogP contribution in [0.15, 0.2) is 10.7 Å². The third kappa shape index (κ3) is 2.80. The van der Waals surface area contributed by atoms with E-state index in [1.165, 1.54) is 0 Å². The molecule has 0 saturated heterocycles. The molecule has 0 radical (unpaired) electrons. The van der Waals surface area contributed by atoms with Crippen LogP contribution in [0, 0.1) is 0 Å². The van der Waals surface area contributed by atoms with Gasteiger partial charge in [-0.25, -0.2) is 9.97 Å². The van der Waals surface area contributed by atoms with E-state index in [0.29, 0.717) is 31.7 Å². The topological polar surface area (TPSA) is 55.9 Å². The third-order valence-corrected chi connectivity index (χ3v) is 3.04. The van der Waals surface area contributed by atoms with Crippen LogP contribution in [-0.4, -0.2) is 14.5 Å². The number of hydrogen-bond donors (Lipinski definition) is 1. The van der Waals surface area contributed by atoms with Crippen LogP contribution in [0.25, 0.3) is 11.7 Å². The summed E-state index contributed by atoms with van der Waals surface area (Å²) in [4.78, 5) is 7.78. The molecule has 1 aliphatic rings.